The number of amides is 2. The van der Waals surface area contributed by atoms with E-state index >= 15 is 4.39 Å². The molecule has 7 rings (SSSR count). The number of hydrogen-bond acceptors (Lipinski definition) is 5. The van der Waals surface area contributed by atoms with E-state index in [4.69, 9.17) is 4.99 Å². The zero-order valence-electron chi connectivity index (χ0n) is 20.9. The number of rotatable bonds is 5. The first-order valence-corrected chi connectivity index (χ1v) is 13.6. The first-order valence-electron chi connectivity index (χ1n) is 13.6. The number of nitrogens with zero attached hydrogens (tertiary/aromatic N) is 3. The summed E-state index contributed by atoms with van der Waals surface area (Å²) in [6.07, 6.45) is 6.24. The van der Waals surface area contributed by atoms with Gasteiger partial charge in [0.1, 0.15) is 17.2 Å². The number of fused-ring (bicyclic) bond motifs is 1. The molecule has 192 valence electrons. The number of amidine groups is 1. The standard InChI is InChI=1S/C29H32FN5O2/c30-24-14-21(20-6-8-25-22(13-20)15-31-33-25)5-7-23(24)26-32-29(10-1-2-11-29)28(37)35(26)17-18-9-12-34(16-18)27(36)19-3-4-19/h5-8,13-14,18-19,31,33H,1-4,9-12,15-17H2/t18-/m1/s1. The molecule has 0 aromatic heterocycles. The summed E-state index contributed by atoms with van der Waals surface area (Å²) in [5.74, 6) is 0.759. The van der Waals surface area contributed by atoms with E-state index in [0.29, 0.717) is 24.5 Å². The quantitative estimate of drug-likeness (QED) is 0.647. The number of nitrogens with one attached hydrogen (secondary N) is 2. The van der Waals surface area contributed by atoms with Crippen LogP contribution >= 0.6 is 0 Å². The molecule has 2 aliphatic carbocycles. The predicted octanol–water partition coefficient (Wildman–Crippen LogP) is 4.08. The van der Waals surface area contributed by atoms with Gasteiger partial charge in [-0.2, -0.15) is 0 Å². The summed E-state index contributed by atoms with van der Waals surface area (Å²) in [4.78, 5) is 35.0. The van der Waals surface area contributed by atoms with E-state index in [1.54, 1.807) is 17.0 Å². The lowest BCUT2D eigenvalue weighted by Crippen LogP contribution is -2.44. The van der Waals surface area contributed by atoms with Crippen LogP contribution in [0, 0.1) is 17.7 Å². The Morgan fingerprint density at radius 1 is 1.08 bits per heavy atom. The zero-order chi connectivity index (χ0) is 25.1. The number of carbonyl (C=O) groups excluding carboxylic acids is 2. The van der Waals surface area contributed by atoms with E-state index in [-0.39, 0.29) is 29.5 Å². The van der Waals surface area contributed by atoms with Gasteiger partial charge in [0.15, 0.2) is 0 Å². The number of halogens is 1. The van der Waals surface area contributed by atoms with Crippen molar-refractivity contribution in [3.8, 4) is 11.1 Å². The number of benzene rings is 2. The maximum absolute atomic E-state index is 15.7. The Morgan fingerprint density at radius 3 is 2.65 bits per heavy atom. The van der Waals surface area contributed by atoms with Crippen LogP contribution in [0.1, 0.15) is 56.1 Å². The van der Waals surface area contributed by atoms with Crippen LogP contribution in [0.2, 0.25) is 0 Å². The number of likely N-dealkylation sites (tertiary alicyclic amines) is 1. The van der Waals surface area contributed by atoms with Crippen molar-refractivity contribution in [2.75, 3.05) is 25.1 Å². The van der Waals surface area contributed by atoms with E-state index in [1.807, 2.05) is 23.1 Å². The molecule has 2 aromatic carbocycles. The van der Waals surface area contributed by atoms with E-state index in [1.165, 1.54) is 0 Å². The fourth-order valence-electron chi connectivity index (χ4n) is 6.50. The second kappa shape index (κ2) is 8.65. The van der Waals surface area contributed by atoms with E-state index in [2.05, 4.69) is 16.9 Å². The molecular weight excluding hydrogens is 469 g/mol. The van der Waals surface area contributed by atoms with Gasteiger partial charge >= 0.3 is 0 Å². The zero-order valence-corrected chi connectivity index (χ0v) is 20.9. The fourth-order valence-corrected chi connectivity index (χ4v) is 6.50. The van der Waals surface area contributed by atoms with Gasteiger partial charge in [0.2, 0.25) is 5.91 Å². The number of hydrogen-bond donors (Lipinski definition) is 2. The Morgan fingerprint density at radius 2 is 1.86 bits per heavy atom. The van der Waals surface area contributed by atoms with Gasteiger partial charge in [-0.1, -0.05) is 25.0 Å². The fraction of sp³-hybridized carbons (Fsp3) is 0.483. The first-order chi connectivity index (χ1) is 18.0. The Labute approximate surface area is 216 Å². The average Bonchev–Trinajstić information content (AvgIpc) is 3.25. The van der Waals surface area contributed by atoms with Crippen molar-refractivity contribution < 1.29 is 14.0 Å². The highest BCUT2D eigenvalue weighted by Crippen LogP contribution is 2.41. The van der Waals surface area contributed by atoms with Gasteiger partial charge in [0.25, 0.3) is 5.91 Å². The molecule has 0 bridgehead atoms. The third-order valence-corrected chi connectivity index (χ3v) is 8.76. The molecule has 37 heavy (non-hydrogen) atoms. The molecular formula is C29H32FN5O2. The third-order valence-electron chi connectivity index (χ3n) is 8.76. The van der Waals surface area contributed by atoms with Gasteiger partial charge in [-0.15, -0.1) is 0 Å². The Hall–Kier alpha value is -3.26. The van der Waals surface area contributed by atoms with E-state index in [9.17, 15) is 9.59 Å². The molecule has 2 amide bonds. The Bertz CT molecular complexity index is 1310. The summed E-state index contributed by atoms with van der Waals surface area (Å²) in [6.45, 7) is 2.63. The van der Waals surface area contributed by atoms with E-state index < -0.39 is 5.54 Å². The van der Waals surface area contributed by atoms with Crippen molar-refractivity contribution in [2.24, 2.45) is 16.8 Å². The van der Waals surface area contributed by atoms with Crippen molar-refractivity contribution >= 4 is 23.3 Å². The van der Waals surface area contributed by atoms with E-state index in [0.717, 1.165) is 80.4 Å². The maximum Gasteiger partial charge on any atom is 0.256 e. The molecule has 1 spiro atoms. The predicted molar refractivity (Wildman–Crippen MR) is 139 cm³/mol. The smallest absolute Gasteiger partial charge is 0.256 e. The molecule has 8 heteroatoms. The summed E-state index contributed by atoms with van der Waals surface area (Å²) in [5, 5.41) is 0. The lowest BCUT2D eigenvalue weighted by molar-refractivity contribution is -0.131. The van der Waals surface area contributed by atoms with Crippen LogP contribution < -0.4 is 10.9 Å². The lowest BCUT2D eigenvalue weighted by atomic mass is 9.97. The van der Waals surface area contributed by atoms with Gasteiger partial charge in [0, 0.05) is 32.1 Å². The molecule has 5 aliphatic rings. The SMILES string of the molecule is O=C(C1CC1)N1CC[C@@H](CN2C(=O)C3(CCCC3)N=C2c2ccc(-c3ccc4c(c3)CNN4)cc2F)C1. The molecule has 2 aromatic rings. The van der Waals surface area contributed by atoms with Crippen LogP contribution in [0.25, 0.3) is 11.1 Å². The van der Waals surface area contributed by atoms with Gasteiger partial charge in [-0.3, -0.25) is 19.5 Å². The van der Waals surface area contributed by atoms with Gasteiger partial charge in [-0.25, -0.2) is 9.82 Å². The lowest BCUT2D eigenvalue weighted by Gasteiger charge is -2.25. The topological polar surface area (TPSA) is 77.0 Å². The third kappa shape index (κ3) is 3.93. The summed E-state index contributed by atoms with van der Waals surface area (Å²) in [6, 6.07) is 11.3. The highest BCUT2D eigenvalue weighted by atomic mass is 19.1. The number of carbonyl (C=O) groups is 2. The van der Waals surface area contributed by atoms with Gasteiger partial charge in [-0.05, 0) is 79.0 Å². The number of anilines is 1. The van der Waals surface area contributed by atoms with Gasteiger partial charge < -0.3 is 10.3 Å². The van der Waals surface area contributed by atoms with Crippen LogP contribution in [0.4, 0.5) is 10.1 Å². The molecule has 2 N–H and O–H groups in total. The Balaban J connectivity index is 1.17. The van der Waals surface area contributed by atoms with Crippen LogP contribution in [-0.2, 0) is 16.1 Å². The monoisotopic (exact) mass is 501 g/mol. The van der Waals surface area contributed by atoms with Crippen LogP contribution in [-0.4, -0.2) is 52.6 Å². The minimum Gasteiger partial charge on any atom is -0.342 e. The molecule has 7 nitrogen and oxygen atoms in total. The highest BCUT2D eigenvalue weighted by molar-refractivity contribution is 6.15. The second-order valence-electron chi connectivity index (χ2n) is 11.3. The van der Waals surface area contributed by atoms with Crippen LogP contribution in [0.5, 0.6) is 0 Å². The average molecular weight is 502 g/mol. The minimum absolute atomic E-state index is 0.00840. The molecule has 3 fully saturated rings. The summed E-state index contributed by atoms with van der Waals surface area (Å²) < 4.78 is 15.7. The molecule has 3 aliphatic heterocycles. The summed E-state index contributed by atoms with van der Waals surface area (Å²) >= 11 is 0. The second-order valence-corrected chi connectivity index (χ2v) is 11.3. The molecule has 0 radical (unpaired) electrons. The van der Waals surface area contributed by atoms with Crippen LogP contribution in [0.3, 0.4) is 0 Å². The van der Waals surface area contributed by atoms with Crippen molar-refractivity contribution in [3.63, 3.8) is 0 Å². The highest BCUT2D eigenvalue weighted by Gasteiger charge is 2.51. The maximum atomic E-state index is 15.7. The number of hydrazine groups is 1. The Kier molecular flexibility index (Phi) is 5.36. The van der Waals surface area contributed by atoms with Crippen molar-refractivity contribution in [1.82, 2.24) is 15.2 Å². The summed E-state index contributed by atoms with van der Waals surface area (Å²) in [5.41, 5.74) is 9.80. The molecule has 1 saturated heterocycles. The molecule has 0 unspecified atom stereocenters. The summed E-state index contributed by atoms with van der Waals surface area (Å²) in [7, 11) is 0. The van der Waals surface area contributed by atoms with Crippen molar-refractivity contribution in [2.45, 2.75) is 57.0 Å². The number of aliphatic imine (C=N–C) groups is 1. The van der Waals surface area contributed by atoms with Gasteiger partial charge in [0.05, 0.1) is 11.3 Å². The first kappa shape index (κ1) is 22.9. The minimum atomic E-state index is -0.747. The molecule has 3 heterocycles. The largest absolute Gasteiger partial charge is 0.342 e. The molecule has 1 atom stereocenters. The van der Waals surface area contributed by atoms with Crippen molar-refractivity contribution in [3.05, 3.63) is 53.3 Å². The van der Waals surface area contributed by atoms with Crippen LogP contribution in [0.15, 0.2) is 41.4 Å². The molecule has 2 saturated carbocycles. The normalized spacial score (nSPS) is 24.1. The van der Waals surface area contributed by atoms with Crippen molar-refractivity contribution in [1.29, 1.82) is 0 Å².